The normalized spacial score (nSPS) is 10.5. The predicted molar refractivity (Wildman–Crippen MR) is 52.0 cm³/mol. The summed E-state index contributed by atoms with van der Waals surface area (Å²) in [5, 5.41) is 7.59. The number of aromatic nitrogens is 2. The Morgan fingerprint density at radius 3 is 2.71 bits per heavy atom. The van der Waals surface area contributed by atoms with Crippen LogP contribution in [0.25, 0.3) is 11.5 Å². The van der Waals surface area contributed by atoms with Gasteiger partial charge in [-0.25, -0.2) is 4.39 Å². The van der Waals surface area contributed by atoms with Crippen LogP contribution in [0.5, 0.6) is 0 Å². The fourth-order valence-electron chi connectivity index (χ4n) is 0.987. The molecule has 14 heavy (non-hydrogen) atoms. The van der Waals surface area contributed by atoms with Crippen molar-refractivity contribution in [3.05, 3.63) is 29.0 Å². The van der Waals surface area contributed by atoms with E-state index in [9.17, 15) is 4.39 Å². The number of halogens is 2. The van der Waals surface area contributed by atoms with E-state index in [-0.39, 0.29) is 16.1 Å². The zero-order valence-corrected chi connectivity index (χ0v) is 8.39. The zero-order chi connectivity index (χ0) is 10.1. The van der Waals surface area contributed by atoms with E-state index in [0.717, 1.165) is 0 Å². The Hall–Kier alpha value is -1.07. The topological polar surface area (TPSA) is 38.9 Å². The van der Waals surface area contributed by atoms with Crippen LogP contribution in [0.1, 0.15) is 0 Å². The average Bonchev–Trinajstić information content (AvgIpc) is 2.51. The van der Waals surface area contributed by atoms with Gasteiger partial charge in [-0.1, -0.05) is 24.2 Å². The molecule has 72 valence electrons. The monoisotopic (exact) mass is 230 g/mol. The Morgan fingerprint density at radius 1 is 1.36 bits per heavy atom. The van der Waals surface area contributed by atoms with Crippen molar-refractivity contribution in [2.75, 3.05) is 0 Å². The van der Waals surface area contributed by atoms with Gasteiger partial charge in [-0.2, -0.15) is 0 Å². The molecule has 0 N–H and O–H groups in total. The lowest BCUT2D eigenvalue weighted by Gasteiger charge is -1.97. The van der Waals surface area contributed by atoms with Gasteiger partial charge in [0.25, 0.3) is 5.22 Å². The van der Waals surface area contributed by atoms with Crippen LogP contribution < -0.4 is 0 Å². The van der Waals surface area contributed by atoms with Crippen molar-refractivity contribution in [1.29, 1.82) is 0 Å². The quantitative estimate of drug-likeness (QED) is 0.766. The van der Waals surface area contributed by atoms with Crippen LogP contribution in [0.2, 0.25) is 5.02 Å². The molecule has 1 heterocycles. The zero-order valence-electron chi connectivity index (χ0n) is 6.74. The molecular weight excluding hydrogens is 227 g/mol. The third-order valence-electron chi connectivity index (χ3n) is 1.58. The van der Waals surface area contributed by atoms with Gasteiger partial charge in [-0.15, -0.1) is 10.2 Å². The molecule has 0 amide bonds. The van der Waals surface area contributed by atoms with Crippen molar-refractivity contribution in [3.63, 3.8) is 0 Å². The summed E-state index contributed by atoms with van der Waals surface area (Å²) in [4.78, 5) is 0. The molecule has 1 aromatic carbocycles. The van der Waals surface area contributed by atoms with Crippen LogP contribution in [0, 0.1) is 5.82 Å². The molecule has 0 saturated carbocycles. The lowest BCUT2D eigenvalue weighted by atomic mass is 10.2. The van der Waals surface area contributed by atoms with E-state index in [2.05, 4.69) is 22.8 Å². The van der Waals surface area contributed by atoms with Gasteiger partial charge in [0.2, 0.25) is 5.89 Å². The SMILES string of the molecule is Fc1ccc(-c2nnc(S)o2)c(Cl)c1. The second-order valence-electron chi connectivity index (χ2n) is 2.51. The third-order valence-corrected chi connectivity index (χ3v) is 2.07. The fraction of sp³-hybridized carbons (Fsp3) is 0. The van der Waals surface area contributed by atoms with Crippen LogP contribution >= 0.6 is 24.2 Å². The highest BCUT2D eigenvalue weighted by atomic mass is 35.5. The van der Waals surface area contributed by atoms with Crippen molar-refractivity contribution in [1.82, 2.24) is 10.2 Å². The predicted octanol–water partition coefficient (Wildman–Crippen LogP) is 2.82. The largest absolute Gasteiger partial charge is 0.411 e. The highest BCUT2D eigenvalue weighted by Gasteiger charge is 2.10. The lowest BCUT2D eigenvalue weighted by Crippen LogP contribution is -1.81. The second-order valence-corrected chi connectivity index (χ2v) is 3.30. The van der Waals surface area contributed by atoms with Crippen molar-refractivity contribution < 1.29 is 8.81 Å². The Balaban J connectivity index is 2.52. The maximum Gasteiger partial charge on any atom is 0.273 e. The van der Waals surface area contributed by atoms with Gasteiger partial charge in [0.1, 0.15) is 5.82 Å². The minimum Gasteiger partial charge on any atom is -0.411 e. The molecule has 0 unspecified atom stereocenters. The van der Waals surface area contributed by atoms with Gasteiger partial charge in [0, 0.05) is 0 Å². The van der Waals surface area contributed by atoms with Crippen LogP contribution in [0.4, 0.5) is 4.39 Å². The Bertz CT molecular complexity index is 474. The van der Waals surface area contributed by atoms with Crippen LogP contribution in [-0.4, -0.2) is 10.2 Å². The average molecular weight is 231 g/mol. The van der Waals surface area contributed by atoms with E-state index < -0.39 is 5.82 Å². The number of nitrogens with zero attached hydrogens (tertiary/aromatic N) is 2. The van der Waals surface area contributed by atoms with E-state index in [1.165, 1.54) is 18.2 Å². The van der Waals surface area contributed by atoms with Crippen molar-refractivity contribution in [3.8, 4) is 11.5 Å². The molecule has 0 spiro atoms. The highest BCUT2D eigenvalue weighted by Crippen LogP contribution is 2.27. The molecule has 0 aliphatic rings. The van der Waals surface area contributed by atoms with Crippen molar-refractivity contribution >= 4 is 24.2 Å². The molecule has 0 aliphatic carbocycles. The minimum absolute atomic E-state index is 0.139. The number of rotatable bonds is 1. The first-order valence-electron chi connectivity index (χ1n) is 3.65. The molecule has 0 saturated heterocycles. The molecule has 0 radical (unpaired) electrons. The minimum atomic E-state index is -0.413. The van der Waals surface area contributed by atoms with E-state index in [4.69, 9.17) is 16.0 Å². The van der Waals surface area contributed by atoms with E-state index in [0.29, 0.717) is 5.56 Å². The lowest BCUT2D eigenvalue weighted by molar-refractivity contribution is 0.468. The van der Waals surface area contributed by atoms with Crippen molar-refractivity contribution in [2.24, 2.45) is 0 Å². The summed E-state index contributed by atoms with van der Waals surface area (Å²) < 4.78 is 17.7. The molecular formula is C8H4ClFN2OS. The van der Waals surface area contributed by atoms with E-state index in [1.54, 1.807) is 0 Å². The molecule has 6 heteroatoms. The Kier molecular flexibility index (Phi) is 2.43. The summed E-state index contributed by atoms with van der Waals surface area (Å²) in [6.45, 7) is 0. The molecule has 0 bridgehead atoms. The van der Waals surface area contributed by atoms with Crippen LogP contribution in [0.3, 0.4) is 0 Å². The van der Waals surface area contributed by atoms with Gasteiger partial charge in [-0.05, 0) is 18.2 Å². The number of thiol groups is 1. The first-order valence-corrected chi connectivity index (χ1v) is 4.47. The van der Waals surface area contributed by atoms with Gasteiger partial charge in [0.05, 0.1) is 10.6 Å². The molecule has 3 nitrogen and oxygen atoms in total. The summed E-state index contributed by atoms with van der Waals surface area (Å²) in [6, 6.07) is 3.92. The molecule has 2 aromatic rings. The number of benzene rings is 1. The standard InChI is InChI=1S/C8H4ClFN2OS/c9-6-3-4(10)1-2-5(6)7-11-12-8(14)13-7/h1-3H,(H,12,14). The van der Waals surface area contributed by atoms with Gasteiger partial charge < -0.3 is 4.42 Å². The molecule has 2 rings (SSSR count). The first-order chi connectivity index (χ1) is 6.66. The summed E-state index contributed by atoms with van der Waals surface area (Å²) in [5.74, 6) is -0.190. The second kappa shape index (κ2) is 3.59. The smallest absolute Gasteiger partial charge is 0.273 e. The van der Waals surface area contributed by atoms with Crippen LogP contribution in [-0.2, 0) is 0 Å². The molecule has 1 aromatic heterocycles. The van der Waals surface area contributed by atoms with Crippen LogP contribution in [0.15, 0.2) is 27.8 Å². The Labute approximate surface area is 89.3 Å². The first kappa shape index (κ1) is 9.48. The summed E-state index contributed by atoms with van der Waals surface area (Å²) in [5.41, 5.74) is 0.487. The number of hydrogen-bond acceptors (Lipinski definition) is 4. The molecule has 0 fully saturated rings. The van der Waals surface area contributed by atoms with E-state index in [1.807, 2.05) is 0 Å². The highest BCUT2D eigenvalue weighted by molar-refractivity contribution is 7.80. The van der Waals surface area contributed by atoms with E-state index >= 15 is 0 Å². The summed E-state index contributed by atoms with van der Waals surface area (Å²) >= 11 is 9.63. The molecule has 0 aliphatic heterocycles. The number of hydrogen-bond donors (Lipinski definition) is 1. The Morgan fingerprint density at radius 2 is 2.14 bits per heavy atom. The summed E-state index contributed by atoms with van der Waals surface area (Å²) in [7, 11) is 0. The summed E-state index contributed by atoms with van der Waals surface area (Å²) in [6.07, 6.45) is 0. The van der Waals surface area contributed by atoms with Gasteiger partial charge in [0.15, 0.2) is 0 Å². The molecule has 0 atom stereocenters. The van der Waals surface area contributed by atoms with Gasteiger partial charge in [-0.3, -0.25) is 0 Å². The maximum atomic E-state index is 12.7. The van der Waals surface area contributed by atoms with Crippen molar-refractivity contribution in [2.45, 2.75) is 5.22 Å². The third kappa shape index (κ3) is 1.73. The van der Waals surface area contributed by atoms with Gasteiger partial charge >= 0.3 is 0 Å². The fourth-order valence-corrected chi connectivity index (χ4v) is 1.37. The maximum absolute atomic E-state index is 12.7.